The fourth-order valence-electron chi connectivity index (χ4n) is 1.97. The predicted octanol–water partition coefficient (Wildman–Crippen LogP) is 3.39. The Bertz CT molecular complexity index is 596. The lowest BCUT2D eigenvalue weighted by molar-refractivity contribution is 0.0781. The second-order valence-electron chi connectivity index (χ2n) is 4.53. The molecule has 0 saturated carbocycles. The number of amides is 1. The molecule has 20 heavy (non-hydrogen) atoms. The van der Waals surface area contributed by atoms with Crippen molar-refractivity contribution in [1.29, 1.82) is 0 Å². The van der Waals surface area contributed by atoms with Gasteiger partial charge in [0.15, 0.2) is 0 Å². The Kier molecular flexibility index (Phi) is 4.69. The summed E-state index contributed by atoms with van der Waals surface area (Å²) in [6, 6.07) is 14.5. The maximum atomic E-state index is 12.5. The number of rotatable bonds is 4. The molecule has 0 aliphatic rings. The van der Waals surface area contributed by atoms with Crippen molar-refractivity contribution in [2.75, 3.05) is 13.3 Å². The van der Waals surface area contributed by atoms with Crippen molar-refractivity contribution in [2.24, 2.45) is 0 Å². The van der Waals surface area contributed by atoms with E-state index in [0.29, 0.717) is 6.54 Å². The minimum atomic E-state index is 0.00280. The van der Waals surface area contributed by atoms with Crippen LogP contribution in [0.2, 0.25) is 0 Å². The highest BCUT2D eigenvalue weighted by atomic mass is 32.2. The fraction of sp³-hybridized carbons (Fsp3) is 0.188. The van der Waals surface area contributed by atoms with E-state index >= 15 is 0 Å². The van der Waals surface area contributed by atoms with Crippen LogP contribution in [0, 0.1) is 0 Å². The van der Waals surface area contributed by atoms with Crippen LogP contribution in [0.4, 0.5) is 0 Å². The summed E-state index contributed by atoms with van der Waals surface area (Å²) in [5.74, 6) is 0.235. The molecule has 0 aromatic heterocycles. The summed E-state index contributed by atoms with van der Waals surface area (Å²) in [4.78, 5) is 15.1. The molecule has 0 heterocycles. The van der Waals surface area contributed by atoms with Gasteiger partial charge in [-0.3, -0.25) is 4.79 Å². The van der Waals surface area contributed by atoms with Gasteiger partial charge in [-0.15, -0.1) is 11.8 Å². The molecule has 0 bridgehead atoms. The second kappa shape index (κ2) is 6.48. The molecule has 0 saturated heterocycles. The Morgan fingerprint density at radius 1 is 1.15 bits per heavy atom. The van der Waals surface area contributed by atoms with Gasteiger partial charge in [0.25, 0.3) is 5.91 Å². The van der Waals surface area contributed by atoms with Crippen LogP contribution in [-0.2, 0) is 6.54 Å². The first-order chi connectivity index (χ1) is 9.61. The van der Waals surface area contributed by atoms with Gasteiger partial charge >= 0.3 is 0 Å². The largest absolute Gasteiger partial charge is 0.508 e. The first-order valence-electron chi connectivity index (χ1n) is 6.28. The monoisotopic (exact) mass is 287 g/mol. The van der Waals surface area contributed by atoms with Gasteiger partial charge < -0.3 is 10.0 Å². The van der Waals surface area contributed by atoms with Crippen molar-refractivity contribution < 1.29 is 9.90 Å². The van der Waals surface area contributed by atoms with E-state index in [0.717, 1.165) is 16.0 Å². The molecule has 3 nitrogen and oxygen atoms in total. The molecule has 0 atom stereocenters. The number of thioether (sulfide) groups is 1. The molecular weight excluding hydrogens is 270 g/mol. The van der Waals surface area contributed by atoms with E-state index in [1.54, 1.807) is 35.8 Å². The van der Waals surface area contributed by atoms with Crippen LogP contribution in [0.25, 0.3) is 0 Å². The molecule has 0 radical (unpaired) electrons. The highest BCUT2D eigenvalue weighted by molar-refractivity contribution is 7.98. The third-order valence-electron chi connectivity index (χ3n) is 3.04. The molecule has 0 aliphatic carbocycles. The fourth-order valence-corrected chi connectivity index (χ4v) is 2.56. The summed E-state index contributed by atoms with van der Waals surface area (Å²) in [7, 11) is 1.78. The van der Waals surface area contributed by atoms with Crippen LogP contribution in [0.5, 0.6) is 5.75 Å². The van der Waals surface area contributed by atoms with Gasteiger partial charge in [0, 0.05) is 18.5 Å². The first-order valence-corrected chi connectivity index (χ1v) is 7.50. The molecule has 2 rings (SSSR count). The average molecular weight is 287 g/mol. The number of phenols is 1. The van der Waals surface area contributed by atoms with E-state index < -0.39 is 0 Å². The molecule has 104 valence electrons. The maximum Gasteiger partial charge on any atom is 0.255 e. The van der Waals surface area contributed by atoms with Crippen molar-refractivity contribution in [2.45, 2.75) is 11.4 Å². The van der Waals surface area contributed by atoms with E-state index in [1.807, 2.05) is 42.7 Å². The van der Waals surface area contributed by atoms with E-state index in [2.05, 4.69) is 0 Å². The third-order valence-corrected chi connectivity index (χ3v) is 3.84. The van der Waals surface area contributed by atoms with Gasteiger partial charge in [0.2, 0.25) is 0 Å². The molecule has 0 aliphatic heterocycles. The number of hydrogen-bond donors (Lipinski definition) is 1. The zero-order chi connectivity index (χ0) is 14.5. The van der Waals surface area contributed by atoms with Crippen molar-refractivity contribution in [1.82, 2.24) is 4.90 Å². The molecule has 2 aromatic carbocycles. The topological polar surface area (TPSA) is 40.5 Å². The summed E-state index contributed by atoms with van der Waals surface area (Å²) in [6.45, 7) is 0.516. The van der Waals surface area contributed by atoms with Crippen molar-refractivity contribution in [3.05, 3.63) is 59.7 Å². The SMILES string of the molecule is CSc1ccccc1C(=O)N(C)Cc1ccc(O)cc1. The van der Waals surface area contributed by atoms with Gasteiger partial charge in [0.1, 0.15) is 5.75 Å². The van der Waals surface area contributed by atoms with Gasteiger partial charge in [-0.1, -0.05) is 24.3 Å². The van der Waals surface area contributed by atoms with Crippen LogP contribution < -0.4 is 0 Å². The smallest absolute Gasteiger partial charge is 0.255 e. The summed E-state index contributed by atoms with van der Waals surface area (Å²) in [5.41, 5.74) is 1.71. The Morgan fingerprint density at radius 2 is 1.80 bits per heavy atom. The number of phenolic OH excluding ortho intramolecular Hbond substituents is 1. The van der Waals surface area contributed by atoms with Gasteiger partial charge in [-0.2, -0.15) is 0 Å². The highest BCUT2D eigenvalue weighted by Crippen LogP contribution is 2.21. The number of carbonyl (C=O) groups excluding carboxylic acids is 1. The standard InChI is InChI=1S/C16H17NO2S/c1-17(11-12-7-9-13(18)10-8-12)16(19)14-5-3-4-6-15(14)20-2/h3-10,18H,11H2,1-2H3. The van der Waals surface area contributed by atoms with E-state index in [1.165, 1.54) is 0 Å². The number of hydrogen-bond acceptors (Lipinski definition) is 3. The van der Waals surface area contributed by atoms with Gasteiger partial charge in [-0.25, -0.2) is 0 Å². The molecular formula is C16H17NO2S. The molecule has 0 spiro atoms. The lowest BCUT2D eigenvalue weighted by Crippen LogP contribution is -2.26. The lowest BCUT2D eigenvalue weighted by atomic mass is 10.1. The van der Waals surface area contributed by atoms with Crippen molar-refractivity contribution in [3.8, 4) is 5.75 Å². The Hall–Kier alpha value is -1.94. The van der Waals surface area contributed by atoms with Gasteiger partial charge in [0.05, 0.1) is 5.56 Å². The van der Waals surface area contributed by atoms with Crippen LogP contribution in [-0.4, -0.2) is 29.2 Å². The number of aromatic hydroxyl groups is 1. The molecule has 2 aromatic rings. The summed E-state index contributed by atoms with van der Waals surface area (Å²) in [6.07, 6.45) is 1.96. The molecule has 0 unspecified atom stereocenters. The maximum absolute atomic E-state index is 12.5. The molecule has 1 amide bonds. The Balaban J connectivity index is 2.14. The van der Waals surface area contributed by atoms with Gasteiger partial charge in [-0.05, 0) is 36.1 Å². The highest BCUT2D eigenvalue weighted by Gasteiger charge is 2.15. The number of benzene rings is 2. The third kappa shape index (κ3) is 3.33. The average Bonchev–Trinajstić information content (AvgIpc) is 2.48. The summed E-state index contributed by atoms with van der Waals surface area (Å²) < 4.78 is 0. The van der Waals surface area contributed by atoms with E-state index in [4.69, 9.17) is 0 Å². The zero-order valence-electron chi connectivity index (χ0n) is 11.5. The molecule has 1 N–H and O–H groups in total. The predicted molar refractivity (Wildman–Crippen MR) is 82.1 cm³/mol. The van der Waals surface area contributed by atoms with Crippen LogP contribution in [0.15, 0.2) is 53.4 Å². The normalized spacial score (nSPS) is 10.3. The number of nitrogens with zero attached hydrogens (tertiary/aromatic N) is 1. The van der Waals surface area contributed by atoms with E-state index in [9.17, 15) is 9.90 Å². The summed E-state index contributed by atoms with van der Waals surface area (Å²) >= 11 is 1.57. The van der Waals surface area contributed by atoms with Crippen molar-refractivity contribution >= 4 is 17.7 Å². The second-order valence-corrected chi connectivity index (χ2v) is 5.38. The lowest BCUT2D eigenvalue weighted by Gasteiger charge is -2.18. The Morgan fingerprint density at radius 3 is 2.45 bits per heavy atom. The minimum Gasteiger partial charge on any atom is -0.508 e. The number of carbonyl (C=O) groups is 1. The van der Waals surface area contributed by atoms with Crippen LogP contribution >= 0.6 is 11.8 Å². The quantitative estimate of drug-likeness (QED) is 0.876. The summed E-state index contributed by atoms with van der Waals surface area (Å²) in [5, 5.41) is 9.26. The zero-order valence-corrected chi connectivity index (χ0v) is 12.4. The minimum absolute atomic E-state index is 0.00280. The molecule has 0 fully saturated rings. The van der Waals surface area contributed by atoms with Crippen LogP contribution in [0.1, 0.15) is 15.9 Å². The van der Waals surface area contributed by atoms with Crippen LogP contribution in [0.3, 0.4) is 0 Å². The van der Waals surface area contributed by atoms with E-state index in [-0.39, 0.29) is 11.7 Å². The Labute approximate surface area is 123 Å². The first kappa shape index (κ1) is 14.5. The van der Waals surface area contributed by atoms with Crippen molar-refractivity contribution in [3.63, 3.8) is 0 Å². The molecule has 4 heteroatoms.